The Morgan fingerprint density at radius 2 is 1.55 bits per heavy atom. The highest BCUT2D eigenvalue weighted by atomic mass is 32.2. The molecule has 0 amide bonds. The fraction of sp³-hybridized carbons (Fsp3) is 0.600. The summed E-state index contributed by atoms with van der Waals surface area (Å²) < 4.78 is 25.4. The van der Waals surface area contributed by atoms with Crippen molar-refractivity contribution in [2.24, 2.45) is 5.92 Å². The summed E-state index contributed by atoms with van der Waals surface area (Å²) >= 11 is 0. The van der Waals surface area contributed by atoms with Crippen molar-refractivity contribution in [1.29, 1.82) is 0 Å². The summed E-state index contributed by atoms with van der Waals surface area (Å²) in [6.45, 7) is 8.23. The Hall–Kier alpha value is -1.23. The summed E-state index contributed by atoms with van der Waals surface area (Å²) in [5.41, 5.74) is 1.62. The molecule has 0 saturated carbocycles. The second kappa shape index (κ2) is 7.53. The minimum Gasteiger partial charge on any atom is -0.383 e. The van der Waals surface area contributed by atoms with Gasteiger partial charge in [0.05, 0.1) is 5.75 Å². The molecule has 0 saturated heterocycles. The van der Waals surface area contributed by atoms with Gasteiger partial charge in [-0.1, -0.05) is 13.8 Å². The molecule has 20 heavy (non-hydrogen) atoms. The number of hydrogen-bond donors (Lipinski definition) is 2. The zero-order chi connectivity index (χ0) is 15.2. The molecule has 0 fully saturated rings. The molecule has 1 aromatic rings. The molecule has 0 aliphatic heterocycles. The van der Waals surface area contributed by atoms with E-state index in [1.807, 2.05) is 12.1 Å². The zero-order valence-electron chi connectivity index (χ0n) is 12.8. The number of anilines is 2. The summed E-state index contributed by atoms with van der Waals surface area (Å²) in [4.78, 5) is 0. The maximum Gasteiger partial charge on any atom is 0.232 e. The standard InChI is InChI=1S/C15H26N2O2S/c1-5-20(18,19)17-15-10-8-14(9-11-15)16-13(4)7-6-12(2)3/h8-13,16-17H,5-7H2,1-4H3. The van der Waals surface area contributed by atoms with Crippen LogP contribution in [-0.2, 0) is 10.0 Å². The van der Waals surface area contributed by atoms with Gasteiger partial charge in [0.1, 0.15) is 0 Å². The summed E-state index contributed by atoms with van der Waals surface area (Å²) in [6.07, 6.45) is 2.32. The molecular formula is C15H26N2O2S. The van der Waals surface area contributed by atoms with Crippen LogP contribution in [0, 0.1) is 5.92 Å². The molecule has 114 valence electrons. The van der Waals surface area contributed by atoms with Gasteiger partial charge < -0.3 is 5.32 Å². The molecule has 0 bridgehead atoms. The van der Waals surface area contributed by atoms with E-state index in [1.54, 1.807) is 19.1 Å². The molecule has 1 atom stereocenters. The van der Waals surface area contributed by atoms with Gasteiger partial charge >= 0.3 is 0 Å². The lowest BCUT2D eigenvalue weighted by Crippen LogP contribution is -2.16. The first kappa shape index (κ1) is 16.8. The highest BCUT2D eigenvalue weighted by Crippen LogP contribution is 2.17. The molecule has 1 aromatic carbocycles. The molecular weight excluding hydrogens is 272 g/mol. The van der Waals surface area contributed by atoms with Crippen LogP contribution in [0.15, 0.2) is 24.3 Å². The average molecular weight is 298 g/mol. The van der Waals surface area contributed by atoms with Gasteiger partial charge in [0.25, 0.3) is 0 Å². The maximum atomic E-state index is 11.5. The van der Waals surface area contributed by atoms with E-state index in [9.17, 15) is 8.42 Å². The first-order valence-electron chi connectivity index (χ1n) is 7.19. The third-order valence-corrected chi connectivity index (χ3v) is 4.44. The van der Waals surface area contributed by atoms with E-state index in [4.69, 9.17) is 0 Å². The van der Waals surface area contributed by atoms with Crippen LogP contribution in [0.25, 0.3) is 0 Å². The zero-order valence-corrected chi connectivity index (χ0v) is 13.6. The smallest absolute Gasteiger partial charge is 0.232 e. The third-order valence-electron chi connectivity index (χ3n) is 3.13. The van der Waals surface area contributed by atoms with Crippen LogP contribution in [0.3, 0.4) is 0 Å². The van der Waals surface area contributed by atoms with Crippen LogP contribution < -0.4 is 10.0 Å². The highest BCUT2D eigenvalue weighted by molar-refractivity contribution is 7.92. The lowest BCUT2D eigenvalue weighted by molar-refractivity contribution is 0.528. The van der Waals surface area contributed by atoms with E-state index < -0.39 is 10.0 Å². The van der Waals surface area contributed by atoms with E-state index >= 15 is 0 Å². The first-order valence-corrected chi connectivity index (χ1v) is 8.84. The molecule has 0 spiro atoms. The van der Waals surface area contributed by atoms with Gasteiger partial charge in [-0.2, -0.15) is 0 Å². The number of sulfonamides is 1. The Bertz CT molecular complexity index is 495. The second-order valence-electron chi connectivity index (χ2n) is 5.60. The van der Waals surface area contributed by atoms with E-state index in [0.717, 1.165) is 12.1 Å². The van der Waals surface area contributed by atoms with Crippen LogP contribution in [0.5, 0.6) is 0 Å². The minimum atomic E-state index is -3.20. The van der Waals surface area contributed by atoms with E-state index in [-0.39, 0.29) is 5.75 Å². The van der Waals surface area contributed by atoms with Crippen LogP contribution in [0.2, 0.25) is 0 Å². The number of benzene rings is 1. The van der Waals surface area contributed by atoms with Crippen molar-refractivity contribution in [1.82, 2.24) is 0 Å². The van der Waals surface area contributed by atoms with Crippen LogP contribution in [0.1, 0.15) is 40.5 Å². The second-order valence-corrected chi connectivity index (χ2v) is 7.61. The van der Waals surface area contributed by atoms with Gasteiger partial charge in [-0.25, -0.2) is 8.42 Å². The molecule has 4 nitrogen and oxygen atoms in total. The van der Waals surface area contributed by atoms with E-state index in [0.29, 0.717) is 17.6 Å². The fourth-order valence-electron chi connectivity index (χ4n) is 1.83. The fourth-order valence-corrected chi connectivity index (χ4v) is 2.47. The predicted molar refractivity (Wildman–Crippen MR) is 86.7 cm³/mol. The SMILES string of the molecule is CCS(=O)(=O)Nc1ccc(NC(C)CCC(C)C)cc1. The number of rotatable bonds is 8. The van der Waals surface area contributed by atoms with Gasteiger partial charge in [0.2, 0.25) is 10.0 Å². The van der Waals surface area contributed by atoms with Crippen LogP contribution in [0.4, 0.5) is 11.4 Å². The minimum absolute atomic E-state index is 0.0826. The van der Waals surface area contributed by atoms with E-state index in [2.05, 4.69) is 30.8 Å². The molecule has 0 radical (unpaired) electrons. The monoisotopic (exact) mass is 298 g/mol. The van der Waals surface area contributed by atoms with Crippen molar-refractivity contribution in [3.05, 3.63) is 24.3 Å². The molecule has 0 aliphatic carbocycles. The molecule has 0 aromatic heterocycles. The van der Waals surface area contributed by atoms with Crippen LogP contribution >= 0.6 is 0 Å². The highest BCUT2D eigenvalue weighted by Gasteiger charge is 2.07. The largest absolute Gasteiger partial charge is 0.383 e. The van der Waals surface area contributed by atoms with E-state index in [1.165, 1.54) is 6.42 Å². The predicted octanol–water partition coefficient (Wildman–Crippen LogP) is 3.68. The lowest BCUT2D eigenvalue weighted by atomic mass is 10.0. The molecule has 5 heteroatoms. The van der Waals surface area contributed by atoms with Gasteiger partial charge in [-0.05, 0) is 56.9 Å². The van der Waals surface area contributed by atoms with Crippen LogP contribution in [-0.4, -0.2) is 20.2 Å². The summed E-state index contributed by atoms with van der Waals surface area (Å²) in [7, 11) is -3.20. The van der Waals surface area contributed by atoms with Gasteiger partial charge in [-0.3, -0.25) is 4.72 Å². The Labute approximate surface area is 123 Å². The normalized spacial score (nSPS) is 13.2. The van der Waals surface area contributed by atoms with Gasteiger partial charge in [0.15, 0.2) is 0 Å². The van der Waals surface area contributed by atoms with Crippen molar-refractivity contribution >= 4 is 21.4 Å². The quantitative estimate of drug-likeness (QED) is 0.769. The first-order chi connectivity index (χ1) is 9.32. The van der Waals surface area contributed by atoms with Crippen molar-refractivity contribution in [3.8, 4) is 0 Å². The summed E-state index contributed by atoms with van der Waals surface area (Å²) in [6, 6.07) is 7.78. The van der Waals surface area contributed by atoms with Crippen molar-refractivity contribution < 1.29 is 8.42 Å². The molecule has 1 unspecified atom stereocenters. The van der Waals surface area contributed by atoms with Gasteiger partial charge in [-0.15, -0.1) is 0 Å². The average Bonchev–Trinajstić information content (AvgIpc) is 2.38. The Kier molecular flexibility index (Phi) is 6.33. The number of hydrogen-bond acceptors (Lipinski definition) is 3. The maximum absolute atomic E-state index is 11.5. The molecule has 0 aliphatic rings. The molecule has 0 heterocycles. The Balaban J connectivity index is 2.54. The van der Waals surface area contributed by atoms with Gasteiger partial charge in [0, 0.05) is 17.4 Å². The Morgan fingerprint density at radius 3 is 2.05 bits per heavy atom. The van der Waals surface area contributed by atoms with Crippen molar-refractivity contribution in [3.63, 3.8) is 0 Å². The topological polar surface area (TPSA) is 58.2 Å². The Morgan fingerprint density at radius 1 is 1.00 bits per heavy atom. The van der Waals surface area contributed by atoms with Crippen molar-refractivity contribution in [2.75, 3.05) is 15.8 Å². The lowest BCUT2D eigenvalue weighted by Gasteiger charge is -2.16. The third kappa shape index (κ3) is 6.28. The molecule has 2 N–H and O–H groups in total. The number of nitrogens with one attached hydrogen (secondary N) is 2. The summed E-state index contributed by atoms with van der Waals surface area (Å²) in [5.74, 6) is 0.796. The summed E-state index contributed by atoms with van der Waals surface area (Å²) in [5, 5.41) is 3.42. The molecule has 1 rings (SSSR count). The van der Waals surface area contributed by atoms with Crippen molar-refractivity contribution in [2.45, 2.75) is 46.6 Å².